The average molecular weight is 603 g/mol. The molecular weight excluding hydrogens is 573 g/mol. The van der Waals surface area contributed by atoms with E-state index in [0.717, 1.165) is 16.8 Å². The Bertz CT molecular complexity index is 1410. The van der Waals surface area contributed by atoms with Crippen molar-refractivity contribution in [2.75, 3.05) is 43.0 Å². The number of nitrogens with zero attached hydrogens (tertiary/aromatic N) is 6. The molecule has 216 valence electrons. The number of thioether (sulfide) groups is 2. The standard InChI is InChI=1S/C30H30N6O4S2/c31-12-25-18-41-20-35(25)28(37)15-34(16-29(38)36-21-42-19-26(36)13-32)14-22-6-8-27(9-7-22)39-11-10-24-17-40-30(33-24)23-4-2-1-3-5-23/h1-9,17,25-26H,10-11,14-16,18-21H2/t25-,26-/m1/s1. The zero-order valence-corrected chi connectivity index (χ0v) is 24.6. The van der Waals surface area contributed by atoms with Crippen LogP contribution in [0.3, 0.4) is 0 Å². The lowest BCUT2D eigenvalue weighted by atomic mass is 10.2. The van der Waals surface area contributed by atoms with Crippen LogP contribution < -0.4 is 4.74 Å². The number of amides is 2. The molecule has 0 aliphatic carbocycles. The van der Waals surface area contributed by atoms with Gasteiger partial charge in [0.05, 0.1) is 49.3 Å². The SMILES string of the molecule is N#C[C@@H]1CSCN1C(=O)CN(CC(=O)N1CSC[C@H]1C#N)Cc1ccc(OCCc2coc(-c3ccccc3)n2)cc1. The van der Waals surface area contributed by atoms with E-state index in [1.165, 1.54) is 0 Å². The maximum absolute atomic E-state index is 13.1. The number of rotatable bonds is 11. The molecule has 2 aliphatic rings. The summed E-state index contributed by atoms with van der Waals surface area (Å²) in [5, 5.41) is 18.8. The topological polar surface area (TPSA) is 127 Å². The van der Waals surface area contributed by atoms with Crippen LogP contribution >= 0.6 is 23.5 Å². The lowest BCUT2D eigenvalue weighted by molar-refractivity contribution is -0.135. The van der Waals surface area contributed by atoms with E-state index in [9.17, 15) is 20.1 Å². The summed E-state index contributed by atoms with van der Waals surface area (Å²) in [4.78, 5) is 35.7. The fourth-order valence-corrected chi connectivity index (χ4v) is 6.89. The highest BCUT2D eigenvalue weighted by atomic mass is 32.2. The van der Waals surface area contributed by atoms with E-state index in [1.807, 2.05) is 54.6 Å². The summed E-state index contributed by atoms with van der Waals surface area (Å²) in [6.45, 7) is 0.791. The van der Waals surface area contributed by atoms with Gasteiger partial charge in [0.25, 0.3) is 0 Å². The highest BCUT2D eigenvalue weighted by Crippen LogP contribution is 2.23. The van der Waals surface area contributed by atoms with Gasteiger partial charge >= 0.3 is 0 Å². The van der Waals surface area contributed by atoms with Crippen molar-refractivity contribution in [2.24, 2.45) is 0 Å². The summed E-state index contributed by atoms with van der Waals surface area (Å²) in [5.41, 5.74) is 2.64. The predicted octanol–water partition coefficient (Wildman–Crippen LogP) is 3.62. The van der Waals surface area contributed by atoms with E-state index in [2.05, 4.69) is 17.1 Å². The molecule has 0 unspecified atom stereocenters. The largest absolute Gasteiger partial charge is 0.493 e. The van der Waals surface area contributed by atoms with E-state index in [1.54, 1.807) is 44.5 Å². The first-order valence-corrected chi connectivity index (χ1v) is 15.8. The van der Waals surface area contributed by atoms with Gasteiger partial charge in [-0.25, -0.2) is 4.98 Å². The van der Waals surface area contributed by atoms with Crippen LogP contribution in [0.1, 0.15) is 11.3 Å². The summed E-state index contributed by atoms with van der Waals surface area (Å²) in [7, 11) is 0. The molecule has 3 heterocycles. The van der Waals surface area contributed by atoms with Crippen LogP contribution in [0, 0.1) is 22.7 Å². The van der Waals surface area contributed by atoms with Crippen LogP contribution in [0.4, 0.5) is 0 Å². The number of aromatic nitrogens is 1. The van der Waals surface area contributed by atoms with Gasteiger partial charge in [-0.05, 0) is 29.8 Å². The van der Waals surface area contributed by atoms with Crippen molar-refractivity contribution in [2.45, 2.75) is 25.0 Å². The molecule has 10 nitrogen and oxygen atoms in total. The zero-order valence-electron chi connectivity index (χ0n) is 22.9. The summed E-state index contributed by atoms with van der Waals surface area (Å²) in [6.07, 6.45) is 2.23. The van der Waals surface area contributed by atoms with Gasteiger partial charge in [-0.3, -0.25) is 14.5 Å². The van der Waals surface area contributed by atoms with Crippen molar-refractivity contribution in [3.63, 3.8) is 0 Å². The molecule has 2 saturated heterocycles. The van der Waals surface area contributed by atoms with E-state index in [0.29, 0.717) is 54.5 Å². The predicted molar refractivity (Wildman–Crippen MR) is 160 cm³/mol. The molecule has 42 heavy (non-hydrogen) atoms. The summed E-state index contributed by atoms with van der Waals surface area (Å²) in [5.74, 6) is 3.00. The second-order valence-electron chi connectivity index (χ2n) is 9.91. The highest BCUT2D eigenvalue weighted by Gasteiger charge is 2.33. The second-order valence-corrected chi connectivity index (χ2v) is 11.9. The molecule has 2 atom stereocenters. The smallest absolute Gasteiger partial charge is 0.238 e. The monoisotopic (exact) mass is 602 g/mol. The maximum atomic E-state index is 13.1. The van der Waals surface area contributed by atoms with Crippen molar-refractivity contribution >= 4 is 35.3 Å². The van der Waals surface area contributed by atoms with Gasteiger partial charge in [0.1, 0.15) is 24.1 Å². The Morgan fingerprint density at radius 2 is 1.57 bits per heavy atom. The quantitative estimate of drug-likeness (QED) is 0.321. The fraction of sp³-hybridized carbons (Fsp3) is 0.367. The van der Waals surface area contributed by atoms with E-state index in [-0.39, 0.29) is 24.9 Å². The maximum Gasteiger partial charge on any atom is 0.238 e. The van der Waals surface area contributed by atoms with Gasteiger partial charge in [-0.1, -0.05) is 30.3 Å². The number of hydrogen-bond donors (Lipinski definition) is 0. The van der Waals surface area contributed by atoms with Gasteiger partial charge < -0.3 is 19.0 Å². The van der Waals surface area contributed by atoms with Crippen molar-refractivity contribution in [1.29, 1.82) is 10.5 Å². The Morgan fingerprint density at radius 3 is 2.17 bits per heavy atom. The number of carbonyl (C=O) groups excluding carboxylic acids is 2. The van der Waals surface area contributed by atoms with Crippen LogP contribution in [0.2, 0.25) is 0 Å². The molecule has 2 amide bonds. The van der Waals surface area contributed by atoms with Gasteiger partial charge in [0, 0.05) is 30.0 Å². The fourth-order valence-electron chi connectivity index (χ4n) is 4.68. The van der Waals surface area contributed by atoms with Gasteiger partial charge in [-0.2, -0.15) is 10.5 Å². The number of benzene rings is 2. The molecule has 3 aromatic rings. The Morgan fingerprint density at radius 1 is 0.952 bits per heavy atom. The number of oxazole rings is 1. The van der Waals surface area contributed by atoms with Crippen LogP contribution in [0.15, 0.2) is 65.3 Å². The van der Waals surface area contributed by atoms with Crippen molar-refractivity contribution < 1.29 is 18.7 Å². The first kappa shape index (κ1) is 29.5. The Kier molecular flexibility index (Phi) is 10.0. The van der Waals surface area contributed by atoms with E-state index >= 15 is 0 Å². The lowest BCUT2D eigenvalue weighted by Gasteiger charge is -2.28. The van der Waals surface area contributed by atoms with Crippen LogP contribution in [-0.2, 0) is 22.6 Å². The molecule has 12 heteroatoms. The lowest BCUT2D eigenvalue weighted by Crippen LogP contribution is -2.47. The number of ether oxygens (including phenoxy) is 1. The van der Waals surface area contributed by atoms with Gasteiger partial charge in [0.15, 0.2) is 0 Å². The third kappa shape index (κ3) is 7.45. The van der Waals surface area contributed by atoms with E-state index < -0.39 is 12.1 Å². The van der Waals surface area contributed by atoms with Gasteiger partial charge in [-0.15, -0.1) is 23.5 Å². The molecule has 1 aromatic heterocycles. The van der Waals surface area contributed by atoms with Crippen LogP contribution in [0.25, 0.3) is 11.5 Å². The second kappa shape index (κ2) is 14.3. The third-order valence-corrected chi connectivity index (χ3v) is 8.97. The number of nitriles is 2. The minimum Gasteiger partial charge on any atom is -0.493 e. The molecule has 5 rings (SSSR count). The Balaban J connectivity index is 1.18. The van der Waals surface area contributed by atoms with E-state index in [4.69, 9.17) is 9.15 Å². The molecule has 0 bridgehead atoms. The Labute approximate surface area is 253 Å². The number of carbonyl (C=O) groups is 2. The van der Waals surface area contributed by atoms with Crippen molar-refractivity contribution in [1.82, 2.24) is 19.7 Å². The first-order valence-electron chi connectivity index (χ1n) is 13.5. The zero-order chi connectivity index (χ0) is 29.3. The molecule has 2 aromatic carbocycles. The van der Waals surface area contributed by atoms with Crippen LogP contribution in [-0.4, -0.2) is 86.5 Å². The van der Waals surface area contributed by atoms with Crippen LogP contribution in [0.5, 0.6) is 5.75 Å². The highest BCUT2D eigenvalue weighted by molar-refractivity contribution is 7.99. The molecule has 2 aliphatic heterocycles. The van der Waals surface area contributed by atoms with Crippen molar-refractivity contribution in [3.05, 3.63) is 72.1 Å². The third-order valence-electron chi connectivity index (χ3n) is 6.95. The molecular formula is C30H30N6O4S2. The molecule has 0 spiro atoms. The molecule has 2 fully saturated rings. The normalized spacial score (nSPS) is 18.2. The summed E-state index contributed by atoms with van der Waals surface area (Å²) < 4.78 is 11.5. The van der Waals surface area contributed by atoms with Crippen molar-refractivity contribution in [3.8, 4) is 29.3 Å². The minimum absolute atomic E-state index is 0.00358. The molecule has 0 saturated carbocycles. The van der Waals surface area contributed by atoms with Gasteiger partial charge in [0.2, 0.25) is 17.7 Å². The molecule has 0 radical (unpaired) electrons. The molecule has 0 N–H and O–H groups in total. The first-order chi connectivity index (χ1) is 20.5. The Hall–Kier alpha value is -3.97. The summed E-state index contributed by atoms with van der Waals surface area (Å²) >= 11 is 3.09. The number of hydrogen-bond acceptors (Lipinski definition) is 10. The minimum atomic E-state index is -0.461. The summed E-state index contributed by atoms with van der Waals surface area (Å²) in [6, 6.07) is 20.7. The average Bonchev–Trinajstić information content (AvgIpc) is 3.79.